The second-order valence-electron chi connectivity index (χ2n) is 6.77. The topological polar surface area (TPSA) is 115 Å². The van der Waals surface area contributed by atoms with Crippen LogP contribution in [-0.2, 0) is 0 Å². The SMILES string of the molecule is Cc1cc(-c2nc(-c3ccc([N+](=O)[O-])cc3)c(-c3ccc([N+](=O)[O-])cc3)[nH]2)sc1C. The lowest BCUT2D eigenvalue weighted by atomic mass is 10.0. The first-order valence-corrected chi connectivity index (χ1v) is 9.82. The van der Waals surface area contributed by atoms with Gasteiger partial charge in [-0.05, 0) is 49.7 Å². The van der Waals surface area contributed by atoms with Crippen molar-refractivity contribution in [3.8, 4) is 33.2 Å². The summed E-state index contributed by atoms with van der Waals surface area (Å²) >= 11 is 1.62. The van der Waals surface area contributed by atoms with Crippen molar-refractivity contribution in [2.24, 2.45) is 0 Å². The first kappa shape index (κ1) is 19.5. The number of hydrogen-bond acceptors (Lipinski definition) is 6. The van der Waals surface area contributed by atoms with E-state index in [2.05, 4.69) is 11.1 Å². The van der Waals surface area contributed by atoms with Crippen LogP contribution in [0.5, 0.6) is 0 Å². The molecular formula is C21H16N4O4S. The third-order valence-corrected chi connectivity index (χ3v) is 5.98. The van der Waals surface area contributed by atoms with Gasteiger partial charge in [0.2, 0.25) is 0 Å². The predicted octanol–water partition coefficient (Wildman–Crippen LogP) is 5.91. The zero-order valence-corrected chi connectivity index (χ0v) is 16.9. The fourth-order valence-corrected chi connectivity index (χ4v) is 4.07. The van der Waals surface area contributed by atoms with Gasteiger partial charge in [0.1, 0.15) is 5.82 Å². The molecule has 0 bridgehead atoms. The quantitative estimate of drug-likeness (QED) is 0.318. The maximum atomic E-state index is 11.0. The summed E-state index contributed by atoms with van der Waals surface area (Å²) in [5, 5.41) is 22.0. The summed E-state index contributed by atoms with van der Waals surface area (Å²) < 4.78 is 0. The summed E-state index contributed by atoms with van der Waals surface area (Å²) in [6, 6.07) is 14.4. The van der Waals surface area contributed by atoms with Crippen molar-refractivity contribution in [2.75, 3.05) is 0 Å². The Labute approximate surface area is 175 Å². The average molecular weight is 420 g/mol. The Morgan fingerprint density at radius 3 is 1.87 bits per heavy atom. The van der Waals surface area contributed by atoms with Gasteiger partial charge in [-0.2, -0.15) is 0 Å². The van der Waals surface area contributed by atoms with Crippen LogP contribution in [0.25, 0.3) is 33.2 Å². The number of benzene rings is 2. The minimum atomic E-state index is -0.450. The van der Waals surface area contributed by atoms with Crippen LogP contribution in [0.1, 0.15) is 10.4 Å². The Kier molecular flexibility index (Phi) is 4.88. The molecule has 9 heteroatoms. The summed E-state index contributed by atoms with van der Waals surface area (Å²) in [7, 11) is 0. The molecule has 0 radical (unpaired) electrons. The van der Waals surface area contributed by atoms with E-state index in [-0.39, 0.29) is 11.4 Å². The van der Waals surface area contributed by atoms with Crippen molar-refractivity contribution in [1.82, 2.24) is 9.97 Å². The lowest BCUT2D eigenvalue weighted by Crippen LogP contribution is -1.89. The van der Waals surface area contributed by atoms with Gasteiger partial charge in [-0.3, -0.25) is 20.2 Å². The van der Waals surface area contributed by atoms with Gasteiger partial charge in [0.05, 0.1) is 26.1 Å². The molecule has 0 unspecified atom stereocenters. The molecular weight excluding hydrogens is 404 g/mol. The van der Waals surface area contributed by atoms with Crippen LogP contribution < -0.4 is 0 Å². The maximum Gasteiger partial charge on any atom is 0.269 e. The number of imidazole rings is 1. The Hall–Kier alpha value is -3.85. The second kappa shape index (κ2) is 7.53. The molecule has 0 spiro atoms. The maximum absolute atomic E-state index is 11.0. The summed E-state index contributed by atoms with van der Waals surface area (Å²) in [6.07, 6.45) is 0. The minimum Gasteiger partial charge on any atom is -0.337 e. The second-order valence-corrected chi connectivity index (χ2v) is 8.02. The molecule has 2 heterocycles. The van der Waals surface area contributed by atoms with Crippen LogP contribution in [0.4, 0.5) is 11.4 Å². The van der Waals surface area contributed by atoms with Crippen molar-refractivity contribution < 1.29 is 9.85 Å². The summed E-state index contributed by atoms with van der Waals surface area (Å²) in [5.74, 6) is 0.679. The van der Waals surface area contributed by atoms with Crippen molar-refractivity contribution >= 4 is 22.7 Å². The van der Waals surface area contributed by atoms with Crippen LogP contribution in [0.3, 0.4) is 0 Å². The van der Waals surface area contributed by atoms with Gasteiger partial charge in [0.25, 0.3) is 11.4 Å². The molecule has 0 aliphatic carbocycles. The van der Waals surface area contributed by atoms with Crippen molar-refractivity contribution in [3.05, 3.63) is 85.3 Å². The van der Waals surface area contributed by atoms with E-state index in [9.17, 15) is 20.2 Å². The van der Waals surface area contributed by atoms with Gasteiger partial charge in [0.15, 0.2) is 0 Å². The third-order valence-electron chi connectivity index (χ3n) is 4.82. The van der Waals surface area contributed by atoms with E-state index in [0.717, 1.165) is 10.4 Å². The number of thiophene rings is 1. The van der Waals surface area contributed by atoms with Crippen LogP contribution in [-0.4, -0.2) is 19.8 Å². The highest BCUT2D eigenvalue weighted by Gasteiger charge is 2.18. The molecule has 2 aromatic heterocycles. The molecule has 8 nitrogen and oxygen atoms in total. The number of nitrogens with one attached hydrogen (secondary N) is 1. The van der Waals surface area contributed by atoms with E-state index in [1.54, 1.807) is 35.6 Å². The summed E-state index contributed by atoms with van der Waals surface area (Å²) in [6.45, 7) is 4.08. The Balaban J connectivity index is 1.85. The normalized spacial score (nSPS) is 10.9. The third kappa shape index (κ3) is 3.58. The highest BCUT2D eigenvalue weighted by molar-refractivity contribution is 7.15. The predicted molar refractivity (Wildman–Crippen MR) is 116 cm³/mol. The van der Waals surface area contributed by atoms with E-state index in [4.69, 9.17) is 4.98 Å². The van der Waals surface area contributed by atoms with Gasteiger partial charge in [-0.25, -0.2) is 4.98 Å². The zero-order valence-electron chi connectivity index (χ0n) is 16.1. The lowest BCUT2D eigenvalue weighted by molar-refractivity contribution is -0.385. The van der Waals surface area contributed by atoms with E-state index in [0.29, 0.717) is 22.8 Å². The van der Waals surface area contributed by atoms with Gasteiger partial charge < -0.3 is 4.98 Å². The molecule has 0 aliphatic heterocycles. The minimum absolute atomic E-state index is 0.000110. The van der Waals surface area contributed by atoms with Crippen molar-refractivity contribution in [1.29, 1.82) is 0 Å². The largest absolute Gasteiger partial charge is 0.337 e. The molecule has 150 valence electrons. The van der Waals surface area contributed by atoms with E-state index in [1.807, 2.05) is 13.8 Å². The van der Waals surface area contributed by atoms with Crippen LogP contribution in [0.15, 0.2) is 54.6 Å². The van der Waals surface area contributed by atoms with Crippen molar-refractivity contribution in [3.63, 3.8) is 0 Å². The van der Waals surface area contributed by atoms with E-state index < -0.39 is 9.85 Å². The van der Waals surface area contributed by atoms with E-state index >= 15 is 0 Å². The number of non-ortho nitro benzene ring substituents is 2. The fourth-order valence-electron chi connectivity index (χ4n) is 3.09. The number of rotatable bonds is 5. The highest BCUT2D eigenvalue weighted by atomic mass is 32.1. The van der Waals surface area contributed by atoms with Crippen LogP contribution in [0.2, 0.25) is 0 Å². The first-order valence-electron chi connectivity index (χ1n) is 9.00. The number of aromatic amines is 1. The molecule has 1 N–H and O–H groups in total. The molecule has 0 saturated carbocycles. The van der Waals surface area contributed by atoms with Crippen molar-refractivity contribution in [2.45, 2.75) is 13.8 Å². The number of nitro groups is 2. The molecule has 0 aliphatic rings. The molecule has 0 fully saturated rings. The molecule has 0 atom stereocenters. The van der Waals surface area contributed by atoms with Gasteiger partial charge in [0, 0.05) is 40.3 Å². The van der Waals surface area contributed by atoms with E-state index in [1.165, 1.54) is 34.7 Å². The standard InChI is InChI=1S/C21H16N4O4S/c1-12-11-18(30-13(12)2)21-22-19(14-3-7-16(8-4-14)24(26)27)20(23-21)15-5-9-17(10-6-15)25(28)29/h3-11H,1-2H3,(H,22,23). The van der Waals surface area contributed by atoms with Crippen LogP contribution >= 0.6 is 11.3 Å². The molecule has 30 heavy (non-hydrogen) atoms. The average Bonchev–Trinajstić information content (AvgIpc) is 3.32. The molecule has 0 amide bonds. The lowest BCUT2D eigenvalue weighted by Gasteiger charge is -2.03. The number of hydrogen-bond donors (Lipinski definition) is 1. The first-order chi connectivity index (χ1) is 14.3. The smallest absolute Gasteiger partial charge is 0.269 e. The number of aryl methyl sites for hydroxylation is 2. The van der Waals surface area contributed by atoms with Gasteiger partial charge >= 0.3 is 0 Å². The number of H-pyrrole nitrogens is 1. The zero-order chi connectivity index (χ0) is 21.4. The molecule has 0 saturated heterocycles. The van der Waals surface area contributed by atoms with Crippen LogP contribution in [0, 0.1) is 34.1 Å². The van der Waals surface area contributed by atoms with Gasteiger partial charge in [-0.15, -0.1) is 11.3 Å². The Morgan fingerprint density at radius 2 is 1.40 bits per heavy atom. The summed E-state index contributed by atoms with van der Waals surface area (Å²) in [4.78, 5) is 31.3. The molecule has 2 aromatic carbocycles. The Bertz CT molecular complexity index is 1160. The highest BCUT2D eigenvalue weighted by Crippen LogP contribution is 2.37. The Morgan fingerprint density at radius 1 is 0.867 bits per heavy atom. The monoisotopic (exact) mass is 420 g/mol. The molecule has 4 aromatic rings. The number of nitrogens with zero attached hydrogens (tertiary/aromatic N) is 3. The van der Waals surface area contributed by atoms with Gasteiger partial charge in [-0.1, -0.05) is 0 Å². The molecule has 4 rings (SSSR count). The fraction of sp³-hybridized carbons (Fsp3) is 0.0952. The number of nitro benzene ring substituents is 2. The summed E-state index contributed by atoms with van der Waals surface area (Å²) in [5.41, 5.74) is 3.92. The number of aromatic nitrogens is 2.